The minimum Gasteiger partial charge on any atom is -0.489 e. The second kappa shape index (κ2) is 10.9. The van der Waals surface area contributed by atoms with Gasteiger partial charge in [0.05, 0.1) is 35.1 Å². The van der Waals surface area contributed by atoms with Gasteiger partial charge in [-0.1, -0.05) is 18.2 Å². The Hall–Kier alpha value is -4.62. The highest BCUT2D eigenvalue weighted by molar-refractivity contribution is 5.85. The standard InChI is InChI=1S/C30H32N6O4/c1-20-12-23(36(20)29(37)40-24-8-6-5-7-9-24)17-34(4)27-11-10-21(15-32-27)26-13-25(39-19-30(2,3)38)18-35-28(26)22(14-31)16-33-35/h5-11,13,15-16,18,20,23,38H,12,17,19H2,1-4H3. The zero-order chi connectivity index (χ0) is 28.4. The van der Waals surface area contributed by atoms with Crippen LogP contribution < -0.4 is 14.4 Å². The number of hydrogen-bond acceptors (Lipinski definition) is 8. The molecule has 10 nitrogen and oxygen atoms in total. The average Bonchev–Trinajstić information content (AvgIpc) is 3.34. The Bertz CT molecular complexity index is 1540. The third-order valence-corrected chi connectivity index (χ3v) is 6.87. The van der Waals surface area contributed by atoms with Crippen molar-refractivity contribution in [2.45, 2.75) is 44.9 Å². The van der Waals surface area contributed by atoms with E-state index in [1.54, 1.807) is 47.8 Å². The molecule has 5 rings (SSSR count). The van der Waals surface area contributed by atoms with Gasteiger partial charge in [-0.15, -0.1) is 0 Å². The first-order valence-corrected chi connectivity index (χ1v) is 13.1. The van der Waals surface area contributed by atoms with Crippen LogP contribution in [0.3, 0.4) is 0 Å². The largest absolute Gasteiger partial charge is 0.489 e. The number of pyridine rings is 2. The van der Waals surface area contributed by atoms with Gasteiger partial charge in [-0.3, -0.25) is 0 Å². The van der Waals surface area contributed by atoms with Crippen LogP contribution in [0.25, 0.3) is 16.6 Å². The quantitative estimate of drug-likeness (QED) is 0.347. The fourth-order valence-corrected chi connectivity index (χ4v) is 4.89. The number of likely N-dealkylation sites (N-methyl/N-ethyl adjacent to an activating group) is 1. The van der Waals surface area contributed by atoms with Gasteiger partial charge in [0.2, 0.25) is 0 Å². The molecule has 0 bridgehead atoms. The number of anilines is 1. The topological polar surface area (TPSA) is 116 Å². The Balaban J connectivity index is 1.33. The molecule has 1 aliphatic rings. The summed E-state index contributed by atoms with van der Waals surface area (Å²) in [7, 11) is 1.94. The second-order valence-electron chi connectivity index (χ2n) is 10.8. The average molecular weight is 541 g/mol. The minimum absolute atomic E-state index is 0.00639. The highest BCUT2D eigenvalue weighted by atomic mass is 16.6. The third kappa shape index (κ3) is 5.70. The monoisotopic (exact) mass is 540 g/mol. The van der Waals surface area contributed by atoms with Crippen molar-refractivity contribution in [3.63, 3.8) is 0 Å². The van der Waals surface area contributed by atoms with E-state index in [9.17, 15) is 15.2 Å². The molecule has 4 heterocycles. The molecular formula is C30H32N6O4. The molecule has 0 saturated carbocycles. The Morgan fingerprint density at radius 3 is 2.62 bits per heavy atom. The van der Waals surface area contributed by atoms with Crippen LogP contribution in [0.1, 0.15) is 32.8 Å². The van der Waals surface area contributed by atoms with E-state index in [1.165, 1.54) is 6.20 Å². The van der Waals surface area contributed by atoms with E-state index in [0.717, 1.165) is 23.4 Å². The number of hydrogen-bond donors (Lipinski definition) is 1. The number of carbonyl (C=O) groups is 1. The molecule has 40 heavy (non-hydrogen) atoms. The smallest absolute Gasteiger partial charge is 0.415 e. The number of likely N-dealkylation sites (tertiary alicyclic amines) is 1. The van der Waals surface area contributed by atoms with Crippen molar-refractivity contribution in [1.82, 2.24) is 19.5 Å². The van der Waals surface area contributed by atoms with Gasteiger partial charge in [-0.05, 0) is 57.5 Å². The molecular weight excluding hydrogens is 508 g/mol. The molecule has 4 aromatic rings. The van der Waals surface area contributed by atoms with E-state index >= 15 is 0 Å². The molecule has 1 saturated heterocycles. The molecule has 0 radical (unpaired) electrons. The molecule has 1 fully saturated rings. The first kappa shape index (κ1) is 27.0. The van der Waals surface area contributed by atoms with E-state index in [2.05, 4.69) is 16.2 Å². The molecule has 3 aromatic heterocycles. The van der Waals surface area contributed by atoms with Crippen LogP contribution in [0.4, 0.5) is 10.6 Å². The van der Waals surface area contributed by atoms with Crippen LogP contribution in [0.2, 0.25) is 0 Å². The zero-order valence-electron chi connectivity index (χ0n) is 23.0. The van der Waals surface area contributed by atoms with Crippen LogP contribution in [0.5, 0.6) is 11.5 Å². The van der Waals surface area contributed by atoms with Crippen LogP contribution in [-0.2, 0) is 0 Å². The summed E-state index contributed by atoms with van der Waals surface area (Å²) in [5, 5.41) is 24.0. The highest BCUT2D eigenvalue weighted by Gasteiger charge is 2.40. The number of amides is 1. The Morgan fingerprint density at radius 2 is 1.98 bits per heavy atom. The maximum absolute atomic E-state index is 12.8. The summed E-state index contributed by atoms with van der Waals surface area (Å²) in [6, 6.07) is 17.1. The maximum Gasteiger partial charge on any atom is 0.415 e. The Kier molecular flexibility index (Phi) is 7.32. The van der Waals surface area contributed by atoms with Crippen molar-refractivity contribution in [1.29, 1.82) is 5.26 Å². The molecule has 2 unspecified atom stereocenters. The van der Waals surface area contributed by atoms with Crippen LogP contribution in [-0.4, -0.2) is 68.6 Å². The van der Waals surface area contributed by atoms with Crippen molar-refractivity contribution in [3.05, 3.63) is 72.7 Å². The minimum atomic E-state index is -1.00. The van der Waals surface area contributed by atoms with Crippen LogP contribution >= 0.6 is 0 Å². The molecule has 0 spiro atoms. The summed E-state index contributed by atoms with van der Waals surface area (Å²) in [4.78, 5) is 21.3. The van der Waals surface area contributed by atoms with Gasteiger partial charge in [-0.2, -0.15) is 10.4 Å². The molecule has 0 aliphatic carbocycles. The molecule has 10 heteroatoms. The maximum atomic E-state index is 12.8. The lowest BCUT2D eigenvalue weighted by atomic mass is 9.94. The van der Waals surface area contributed by atoms with E-state index in [4.69, 9.17) is 9.47 Å². The number of ether oxygens (including phenoxy) is 2. The number of benzene rings is 1. The highest BCUT2D eigenvalue weighted by Crippen LogP contribution is 2.32. The fraction of sp³-hybridized carbons (Fsp3) is 0.333. The fourth-order valence-electron chi connectivity index (χ4n) is 4.89. The first-order chi connectivity index (χ1) is 19.1. The van der Waals surface area contributed by atoms with Crippen molar-refractivity contribution < 1.29 is 19.4 Å². The predicted octanol–water partition coefficient (Wildman–Crippen LogP) is 4.52. The number of aromatic nitrogens is 3. The van der Waals surface area contributed by atoms with Crippen molar-refractivity contribution >= 4 is 17.4 Å². The van der Waals surface area contributed by atoms with Gasteiger partial charge in [0.15, 0.2) is 0 Å². The van der Waals surface area contributed by atoms with Gasteiger partial charge >= 0.3 is 6.09 Å². The molecule has 1 aromatic carbocycles. The number of rotatable bonds is 8. The molecule has 1 N–H and O–H groups in total. The summed E-state index contributed by atoms with van der Waals surface area (Å²) in [6.45, 7) is 6.06. The number of fused-ring (bicyclic) bond motifs is 1. The van der Waals surface area contributed by atoms with Gasteiger partial charge < -0.3 is 24.4 Å². The molecule has 1 aliphatic heterocycles. The summed E-state index contributed by atoms with van der Waals surface area (Å²) < 4.78 is 13.0. The number of carbonyl (C=O) groups excluding carboxylic acids is 1. The second-order valence-corrected chi connectivity index (χ2v) is 10.8. The molecule has 206 valence electrons. The van der Waals surface area contributed by atoms with E-state index in [-0.39, 0.29) is 24.8 Å². The summed E-state index contributed by atoms with van der Waals surface area (Å²) in [5.41, 5.74) is 1.62. The molecule has 1 amide bonds. The molecule has 2 atom stereocenters. The normalized spacial score (nSPS) is 16.8. The van der Waals surface area contributed by atoms with Gasteiger partial charge in [0, 0.05) is 37.0 Å². The third-order valence-electron chi connectivity index (χ3n) is 6.87. The van der Waals surface area contributed by atoms with Crippen molar-refractivity contribution in [2.24, 2.45) is 0 Å². The van der Waals surface area contributed by atoms with Gasteiger partial charge in [0.1, 0.15) is 30.0 Å². The number of nitrogens with zero attached hydrogens (tertiary/aromatic N) is 6. The number of para-hydroxylation sites is 1. The first-order valence-electron chi connectivity index (χ1n) is 13.1. The Morgan fingerprint density at radius 1 is 1.20 bits per heavy atom. The summed E-state index contributed by atoms with van der Waals surface area (Å²) >= 11 is 0. The SMILES string of the molecule is CC1CC(CN(C)c2ccc(-c3cc(OCC(C)(C)O)cn4ncc(C#N)c34)cn2)N1C(=O)Oc1ccccc1. The van der Waals surface area contributed by atoms with Gasteiger partial charge in [0.25, 0.3) is 0 Å². The summed E-state index contributed by atoms with van der Waals surface area (Å²) in [5.74, 6) is 1.79. The lowest BCUT2D eigenvalue weighted by Gasteiger charge is -2.47. The van der Waals surface area contributed by atoms with E-state index < -0.39 is 5.60 Å². The van der Waals surface area contributed by atoms with Crippen molar-refractivity contribution in [3.8, 4) is 28.7 Å². The predicted molar refractivity (Wildman–Crippen MR) is 150 cm³/mol. The van der Waals surface area contributed by atoms with Crippen molar-refractivity contribution in [2.75, 3.05) is 25.1 Å². The zero-order valence-corrected chi connectivity index (χ0v) is 23.0. The number of aliphatic hydroxyl groups is 1. The van der Waals surface area contributed by atoms with Gasteiger partial charge in [-0.25, -0.2) is 14.3 Å². The van der Waals surface area contributed by atoms with E-state index in [0.29, 0.717) is 29.1 Å². The lowest BCUT2D eigenvalue weighted by Crippen LogP contribution is -2.61. The summed E-state index contributed by atoms with van der Waals surface area (Å²) in [6.07, 6.45) is 5.48. The van der Waals surface area contributed by atoms with Crippen LogP contribution in [0.15, 0.2) is 67.1 Å². The lowest BCUT2D eigenvalue weighted by molar-refractivity contribution is 0.0283. The van der Waals surface area contributed by atoms with Crippen LogP contribution in [0, 0.1) is 11.3 Å². The number of nitriles is 1. The van der Waals surface area contributed by atoms with E-state index in [1.807, 2.05) is 55.3 Å². The Labute approximate surface area is 233 Å².